The zero-order valence-corrected chi connectivity index (χ0v) is 28.8. The smallest absolute Gasteiger partial charge is 0.159 e. The molecule has 1 aromatic heterocycles. The Bertz CT molecular complexity index is 2830. The van der Waals surface area contributed by atoms with E-state index in [1.165, 1.54) is 27.5 Å². The molecular formula is C49H33N3O. The van der Waals surface area contributed by atoms with Gasteiger partial charge in [0.2, 0.25) is 0 Å². The number of aliphatic imine (C=N–C) groups is 2. The summed E-state index contributed by atoms with van der Waals surface area (Å²) in [6.45, 7) is 0. The Morgan fingerprint density at radius 2 is 0.943 bits per heavy atom. The number of rotatable bonds is 6. The second-order valence-corrected chi connectivity index (χ2v) is 13.4. The summed E-state index contributed by atoms with van der Waals surface area (Å²) < 4.78 is 6.53. The predicted octanol–water partition coefficient (Wildman–Crippen LogP) is 12.2. The third-order valence-electron chi connectivity index (χ3n) is 10.2. The molecule has 0 spiro atoms. The Hall–Kier alpha value is -7.04. The number of nitrogens with zero attached hydrogens (tertiary/aromatic N) is 2. The number of amidine groups is 2. The predicted molar refractivity (Wildman–Crippen MR) is 219 cm³/mol. The van der Waals surface area contributed by atoms with E-state index in [4.69, 9.17) is 14.4 Å². The summed E-state index contributed by atoms with van der Waals surface area (Å²) in [5.41, 5.74) is 11.6. The van der Waals surface area contributed by atoms with Gasteiger partial charge < -0.3 is 9.73 Å². The first-order valence-corrected chi connectivity index (χ1v) is 17.9. The van der Waals surface area contributed by atoms with Crippen molar-refractivity contribution >= 4 is 44.4 Å². The van der Waals surface area contributed by atoms with E-state index in [0.717, 1.165) is 61.2 Å². The molecule has 10 rings (SSSR count). The highest BCUT2D eigenvalue weighted by atomic mass is 16.3. The fourth-order valence-electron chi connectivity index (χ4n) is 7.57. The lowest BCUT2D eigenvalue weighted by atomic mass is 9.95. The van der Waals surface area contributed by atoms with Crippen molar-refractivity contribution in [2.24, 2.45) is 9.98 Å². The minimum Gasteiger partial charge on any atom is -0.456 e. The Morgan fingerprint density at radius 3 is 1.70 bits per heavy atom. The van der Waals surface area contributed by atoms with Crippen LogP contribution < -0.4 is 5.32 Å². The minimum absolute atomic E-state index is 0.324. The highest BCUT2D eigenvalue weighted by Gasteiger charge is 2.25. The van der Waals surface area contributed by atoms with Crippen LogP contribution in [0.5, 0.6) is 0 Å². The highest BCUT2D eigenvalue weighted by molar-refractivity contribution is 6.24. The molecule has 4 nitrogen and oxygen atoms in total. The van der Waals surface area contributed by atoms with Gasteiger partial charge in [-0.25, -0.2) is 9.98 Å². The largest absolute Gasteiger partial charge is 0.456 e. The summed E-state index contributed by atoms with van der Waals surface area (Å²) in [6.07, 6.45) is -0.324. The van der Waals surface area contributed by atoms with Crippen LogP contribution in [0.2, 0.25) is 0 Å². The van der Waals surface area contributed by atoms with Crippen molar-refractivity contribution in [1.82, 2.24) is 5.32 Å². The van der Waals surface area contributed by atoms with Crippen LogP contribution in [0.1, 0.15) is 22.9 Å². The standard InChI is InChI=1S/C49H33N3O/c1-3-12-32(13-4-1)33-24-26-36(27-25-33)41-20-10-22-43-45(41)46-42(21-11-23-44(46)53-43)49-51-47(37-15-5-2-6-16-37)50-48(52-49)38-30-28-35(29-31-38)40-19-9-17-34-14-7-8-18-39(34)40/h1-31,47H,(H,50,51,52). The van der Waals surface area contributed by atoms with Crippen molar-refractivity contribution in [3.63, 3.8) is 0 Å². The molecule has 1 unspecified atom stereocenters. The van der Waals surface area contributed by atoms with Gasteiger partial charge in [0.15, 0.2) is 5.84 Å². The van der Waals surface area contributed by atoms with Crippen molar-refractivity contribution in [2.45, 2.75) is 6.17 Å². The van der Waals surface area contributed by atoms with Gasteiger partial charge >= 0.3 is 0 Å². The first-order valence-electron chi connectivity index (χ1n) is 17.9. The molecule has 0 aliphatic carbocycles. The van der Waals surface area contributed by atoms with Gasteiger partial charge in [0.25, 0.3) is 0 Å². The average Bonchev–Trinajstić information content (AvgIpc) is 3.63. The second-order valence-electron chi connectivity index (χ2n) is 13.4. The van der Waals surface area contributed by atoms with Crippen LogP contribution in [-0.4, -0.2) is 11.7 Å². The molecule has 8 aromatic carbocycles. The fraction of sp³-hybridized carbons (Fsp3) is 0.0204. The van der Waals surface area contributed by atoms with E-state index >= 15 is 0 Å². The van der Waals surface area contributed by atoms with E-state index in [-0.39, 0.29) is 6.17 Å². The van der Waals surface area contributed by atoms with Crippen LogP contribution >= 0.6 is 0 Å². The lowest BCUT2D eigenvalue weighted by molar-refractivity contribution is 0.668. The molecule has 1 atom stereocenters. The maximum absolute atomic E-state index is 6.53. The SMILES string of the molecule is c1ccc(-c2ccc(-c3cccc4oc5cccc(C6=NC(c7ccc(-c8cccc9ccccc89)cc7)=NC(c7ccccc7)N6)c5c34)cc2)cc1. The Balaban J connectivity index is 1.09. The Morgan fingerprint density at radius 1 is 0.415 bits per heavy atom. The minimum atomic E-state index is -0.324. The number of nitrogens with one attached hydrogen (secondary N) is 1. The maximum atomic E-state index is 6.53. The molecule has 53 heavy (non-hydrogen) atoms. The monoisotopic (exact) mass is 679 g/mol. The molecule has 0 saturated heterocycles. The average molecular weight is 680 g/mol. The summed E-state index contributed by atoms with van der Waals surface area (Å²) in [7, 11) is 0. The quantitative estimate of drug-likeness (QED) is 0.190. The van der Waals surface area contributed by atoms with E-state index in [1.54, 1.807) is 0 Å². The van der Waals surface area contributed by atoms with Gasteiger partial charge in [0.1, 0.15) is 23.2 Å². The summed E-state index contributed by atoms with van der Waals surface area (Å²) in [5, 5.41) is 8.25. The molecule has 1 N–H and O–H groups in total. The van der Waals surface area contributed by atoms with Crippen molar-refractivity contribution in [1.29, 1.82) is 0 Å². The number of hydrogen-bond donors (Lipinski definition) is 1. The molecule has 9 aromatic rings. The molecule has 4 heteroatoms. The second kappa shape index (κ2) is 12.9. The molecule has 2 heterocycles. The molecular weight excluding hydrogens is 647 g/mol. The van der Waals surface area contributed by atoms with Crippen LogP contribution in [0, 0.1) is 0 Å². The number of hydrogen-bond acceptors (Lipinski definition) is 4. The van der Waals surface area contributed by atoms with Crippen LogP contribution in [0.15, 0.2) is 202 Å². The first-order chi connectivity index (χ1) is 26.3. The number of furan rings is 1. The van der Waals surface area contributed by atoms with E-state index in [0.29, 0.717) is 5.84 Å². The van der Waals surface area contributed by atoms with E-state index in [9.17, 15) is 0 Å². The fourth-order valence-corrected chi connectivity index (χ4v) is 7.57. The van der Waals surface area contributed by atoms with Crippen LogP contribution in [0.25, 0.3) is 66.1 Å². The van der Waals surface area contributed by atoms with Gasteiger partial charge in [0, 0.05) is 21.9 Å². The summed E-state index contributed by atoms with van der Waals surface area (Å²) in [4.78, 5) is 10.4. The molecule has 1 aliphatic rings. The zero-order valence-electron chi connectivity index (χ0n) is 28.8. The molecule has 0 saturated carbocycles. The normalized spacial score (nSPS) is 14.2. The molecule has 0 radical (unpaired) electrons. The lowest BCUT2D eigenvalue weighted by Crippen LogP contribution is -2.33. The van der Waals surface area contributed by atoms with Crippen molar-refractivity contribution < 1.29 is 4.42 Å². The Kier molecular flexibility index (Phi) is 7.51. The maximum Gasteiger partial charge on any atom is 0.159 e. The van der Waals surface area contributed by atoms with Gasteiger partial charge in [0.05, 0.1) is 0 Å². The van der Waals surface area contributed by atoms with Crippen molar-refractivity contribution in [2.75, 3.05) is 0 Å². The third-order valence-corrected chi connectivity index (χ3v) is 10.2. The van der Waals surface area contributed by atoms with Crippen LogP contribution in [0.3, 0.4) is 0 Å². The molecule has 250 valence electrons. The number of benzene rings is 8. The summed E-state index contributed by atoms with van der Waals surface area (Å²) >= 11 is 0. The van der Waals surface area contributed by atoms with Gasteiger partial charge in [-0.2, -0.15) is 0 Å². The van der Waals surface area contributed by atoms with Crippen LogP contribution in [0.4, 0.5) is 0 Å². The van der Waals surface area contributed by atoms with E-state index in [1.807, 2.05) is 30.3 Å². The van der Waals surface area contributed by atoms with Gasteiger partial charge in [-0.15, -0.1) is 0 Å². The van der Waals surface area contributed by atoms with Gasteiger partial charge in [-0.3, -0.25) is 0 Å². The van der Waals surface area contributed by atoms with Crippen LogP contribution in [-0.2, 0) is 0 Å². The van der Waals surface area contributed by atoms with E-state index < -0.39 is 0 Å². The highest BCUT2D eigenvalue weighted by Crippen LogP contribution is 2.39. The summed E-state index contributed by atoms with van der Waals surface area (Å²) in [5.74, 6) is 1.43. The molecule has 0 amide bonds. The summed E-state index contributed by atoms with van der Waals surface area (Å²) in [6, 6.07) is 65.7. The topological polar surface area (TPSA) is 49.9 Å². The molecule has 0 bridgehead atoms. The van der Waals surface area contributed by atoms with E-state index in [2.05, 4.69) is 163 Å². The molecule has 0 fully saturated rings. The number of fused-ring (bicyclic) bond motifs is 4. The lowest BCUT2D eigenvalue weighted by Gasteiger charge is -2.24. The third kappa shape index (κ3) is 5.58. The Labute approximate surface area is 307 Å². The van der Waals surface area contributed by atoms with Gasteiger partial charge in [-0.1, -0.05) is 176 Å². The molecule has 1 aliphatic heterocycles. The van der Waals surface area contributed by atoms with Gasteiger partial charge in [-0.05, 0) is 61.8 Å². The van der Waals surface area contributed by atoms with Crippen molar-refractivity contribution in [3.8, 4) is 33.4 Å². The first kappa shape index (κ1) is 30.8. The zero-order chi connectivity index (χ0) is 35.1. The van der Waals surface area contributed by atoms with Crippen molar-refractivity contribution in [3.05, 3.63) is 205 Å².